The third-order valence-electron chi connectivity index (χ3n) is 5.81. The fourth-order valence-corrected chi connectivity index (χ4v) is 4.12. The summed E-state index contributed by atoms with van der Waals surface area (Å²) >= 11 is 0. The van der Waals surface area contributed by atoms with Crippen molar-refractivity contribution in [2.75, 3.05) is 25.7 Å². The second-order valence-corrected chi connectivity index (χ2v) is 8.05. The molecular weight excluding hydrogens is 450 g/mol. The summed E-state index contributed by atoms with van der Waals surface area (Å²) in [5, 5.41) is 11.3. The van der Waals surface area contributed by atoms with Crippen LogP contribution in [0.15, 0.2) is 64.8 Å². The van der Waals surface area contributed by atoms with Crippen LogP contribution >= 0.6 is 0 Å². The van der Waals surface area contributed by atoms with E-state index in [1.54, 1.807) is 48.5 Å². The minimum atomic E-state index is -0.973. The molecule has 1 aromatic heterocycles. The standard InChI is InChI=1S/C27H27NO7/c1-5-12-34-19-10-8-17(14-16(19)2)25(29)23-24(21-7-6-13-35-21)28(27(31)26(23)30)18-9-11-20(32-3)22(15-18)33-4/h6-11,13-15,24,29H,5,12H2,1-4H3/b25-23-. The Kier molecular flexibility index (Phi) is 6.82. The molecule has 0 bridgehead atoms. The number of furan rings is 1. The Labute approximate surface area is 203 Å². The molecule has 0 saturated carbocycles. The normalized spacial score (nSPS) is 17.0. The Morgan fingerprint density at radius 1 is 1.03 bits per heavy atom. The monoisotopic (exact) mass is 477 g/mol. The number of nitrogens with zero attached hydrogens (tertiary/aromatic N) is 1. The molecule has 1 aliphatic rings. The van der Waals surface area contributed by atoms with Crippen molar-refractivity contribution in [1.29, 1.82) is 0 Å². The zero-order chi connectivity index (χ0) is 25.1. The summed E-state index contributed by atoms with van der Waals surface area (Å²) in [6.07, 6.45) is 2.32. The Hall–Kier alpha value is -4.20. The summed E-state index contributed by atoms with van der Waals surface area (Å²) in [5.74, 6) is -0.0103. The van der Waals surface area contributed by atoms with Crippen molar-refractivity contribution >= 4 is 23.1 Å². The summed E-state index contributed by atoms with van der Waals surface area (Å²) in [7, 11) is 2.99. The van der Waals surface area contributed by atoms with Gasteiger partial charge in [0.1, 0.15) is 23.3 Å². The number of hydrogen-bond donors (Lipinski definition) is 1. The predicted octanol–water partition coefficient (Wildman–Crippen LogP) is 5.02. The number of Topliss-reactive ketones (excluding diaryl/α,β-unsaturated/α-hetero) is 1. The number of benzene rings is 2. The lowest BCUT2D eigenvalue weighted by Gasteiger charge is -2.24. The van der Waals surface area contributed by atoms with Crippen molar-refractivity contribution in [3.8, 4) is 17.2 Å². The predicted molar refractivity (Wildman–Crippen MR) is 130 cm³/mol. The molecule has 2 aromatic carbocycles. The van der Waals surface area contributed by atoms with Gasteiger partial charge in [0.15, 0.2) is 11.5 Å². The second kappa shape index (κ2) is 9.97. The van der Waals surface area contributed by atoms with Crippen molar-refractivity contribution in [2.24, 2.45) is 0 Å². The minimum absolute atomic E-state index is 0.0682. The number of aliphatic hydroxyl groups is 1. The summed E-state index contributed by atoms with van der Waals surface area (Å²) in [5.41, 5.74) is 1.52. The molecule has 1 saturated heterocycles. The molecule has 8 nitrogen and oxygen atoms in total. The number of ether oxygens (including phenoxy) is 3. The van der Waals surface area contributed by atoms with Crippen LogP contribution in [0.2, 0.25) is 0 Å². The van der Waals surface area contributed by atoms with Gasteiger partial charge in [-0.1, -0.05) is 6.92 Å². The van der Waals surface area contributed by atoms with Gasteiger partial charge in [-0.2, -0.15) is 0 Å². The van der Waals surface area contributed by atoms with Crippen LogP contribution in [0.5, 0.6) is 17.2 Å². The third-order valence-corrected chi connectivity index (χ3v) is 5.81. The van der Waals surface area contributed by atoms with Crippen LogP contribution in [-0.2, 0) is 9.59 Å². The molecule has 0 spiro atoms. The van der Waals surface area contributed by atoms with Crippen molar-refractivity contribution in [3.63, 3.8) is 0 Å². The van der Waals surface area contributed by atoms with E-state index in [1.165, 1.54) is 25.4 Å². The van der Waals surface area contributed by atoms with Crippen LogP contribution in [0.4, 0.5) is 5.69 Å². The highest BCUT2D eigenvalue weighted by Crippen LogP contribution is 2.44. The lowest BCUT2D eigenvalue weighted by atomic mass is 9.98. The first-order valence-electron chi connectivity index (χ1n) is 11.2. The number of carbonyl (C=O) groups excluding carboxylic acids is 2. The maximum Gasteiger partial charge on any atom is 0.300 e. The first-order valence-corrected chi connectivity index (χ1v) is 11.2. The largest absolute Gasteiger partial charge is 0.507 e. The molecule has 1 amide bonds. The SMILES string of the molecule is CCCOc1ccc(/C(O)=C2/C(=O)C(=O)N(c3ccc(OC)c(OC)c3)C2c2ccco2)cc1C. The van der Waals surface area contributed by atoms with E-state index >= 15 is 0 Å². The maximum atomic E-state index is 13.2. The van der Waals surface area contributed by atoms with Gasteiger partial charge in [-0.25, -0.2) is 0 Å². The van der Waals surface area contributed by atoms with Gasteiger partial charge in [0.2, 0.25) is 0 Å². The number of anilines is 1. The number of ketones is 1. The van der Waals surface area contributed by atoms with E-state index in [0.29, 0.717) is 40.9 Å². The fourth-order valence-electron chi connectivity index (χ4n) is 4.12. The number of aryl methyl sites for hydroxylation is 1. The van der Waals surface area contributed by atoms with Crippen LogP contribution in [0.3, 0.4) is 0 Å². The zero-order valence-corrected chi connectivity index (χ0v) is 20.0. The smallest absolute Gasteiger partial charge is 0.300 e. The van der Waals surface area contributed by atoms with Crippen molar-refractivity contribution in [3.05, 3.63) is 77.3 Å². The number of amides is 1. The van der Waals surface area contributed by atoms with E-state index in [4.69, 9.17) is 18.6 Å². The van der Waals surface area contributed by atoms with Crippen LogP contribution in [0, 0.1) is 6.92 Å². The lowest BCUT2D eigenvalue weighted by molar-refractivity contribution is -0.132. The van der Waals surface area contributed by atoms with E-state index in [1.807, 2.05) is 13.8 Å². The third kappa shape index (κ3) is 4.35. The van der Waals surface area contributed by atoms with Crippen LogP contribution in [0.1, 0.15) is 36.3 Å². The number of hydrogen-bond acceptors (Lipinski definition) is 7. The molecule has 2 heterocycles. The molecule has 0 aliphatic carbocycles. The van der Waals surface area contributed by atoms with E-state index in [2.05, 4.69) is 0 Å². The van der Waals surface area contributed by atoms with Gasteiger partial charge in [0, 0.05) is 17.3 Å². The summed E-state index contributed by atoms with van der Waals surface area (Å²) in [6.45, 7) is 4.44. The first-order chi connectivity index (χ1) is 16.9. The highest BCUT2D eigenvalue weighted by atomic mass is 16.5. The minimum Gasteiger partial charge on any atom is -0.507 e. The van der Waals surface area contributed by atoms with Gasteiger partial charge < -0.3 is 23.7 Å². The zero-order valence-electron chi connectivity index (χ0n) is 20.0. The molecule has 4 rings (SSSR count). The van der Waals surface area contributed by atoms with Gasteiger partial charge in [-0.15, -0.1) is 0 Å². The topological polar surface area (TPSA) is 98.4 Å². The Morgan fingerprint density at radius 2 is 1.77 bits per heavy atom. The van der Waals surface area contributed by atoms with Gasteiger partial charge in [-0.05, 0) is 61.4 Å². The summed E-state index contributed by atoms with van der Waals surface area (Å²) in [6, 6.07) is 12.4. The Morgan fingerprint density at radius 3 is 2.40 bits per heavy atom. The van der Waals surface area contributed by atoms with Crippen molar-refractivity contribution < 1.29 is 33.3 Å². The molecule has 1 aliphatic heterocycles. The van der Waals surface area contributed by atoms with Crippen LogP contribution in [-0.4, -0.2) is 37.6 Å². The summed E-state index contributed by atoms with van der Waals surface area (Å²) in [4.78, 5) is 27.8. The molecule has 182 valence electrons. The molecule has 35 heavy (non-hydrogen) atoms. The first kappa shape index (κ1) is 23.9. The summed E-state index contributed by atoms with van der Waals surface area (Å²) < 4.78 is 22.0. The van der Waals surface area contributed by atoms with E-state index < -0.39 is 17.7 Å². The fraction of sp³-hybridized carbons (Fsp3) is 0.259. The lowest BCUT2D eigenvalue weighted by Crippen LogP contribution is -2.29. The number of methoxy groups -OCH3 is 2. The average molecular weight is 478 g/mol. The van der Waals surface area contributed by atoms with Crippen molar-refractivity contribution in [1.82, 2.24) is 0 Å². The quantitative estimate of drug-likeness (QED) is 0.276. The van der Waals surface area contributed by atoms with Crippen LogP contribution < -0.4 is 19.1 Å². The Bertz CT molecular complexity index is 1280. The molecule has 1 fully saturated rings. The highest BCUT2D eigenvalue weighted by Gasteiger charge is 2.48. The number of aliphatic hydroxyl groups excluding tert-OH is 1. The molecule has 8 heteroatoms. The van der Waals surface area contributed by atoms with Gasteiger partial charge in [-0.3, -0.25) is 14.5 Å². The molecule has 1 atom stereocenters. The number of carbonyl (C=O) groups is 2. The molecule has 0 radical (unpaired) electrons. The maximum absolute atomic E-state index is 13.2. The van der Waals surface area contributed by atoms with E-state index in [0.717, 1.165) is 12.0 Å². The molecule has 1 N–H and O–H groups in total. The van der Waals surface area contributed by atoms with Crippen LogP contribution in [0.25, 0.3) is 5.76 Å². The van der Waals surface area contributed by atoms with Gasteiger partial charge in [0.25, 0.3) is 11.7 Å². The van der Waals surface area contributed by atoms with Gasteiger partial charge >= 0.3 is 0 Å². The second-order valence-electron chi connectivity index (χ2n) is 8.05. The Balaban J connectivity index is 1.84. The van der Waals surface area contributed by atoms with Gasteiger partial charge in [0.05, 0.1) is 32.7 Å². The average Bonchev–Trinajstić information content (AvgIpc) is 3.49. The molecule has 3 aromatic rings. The molecular formula is C27H27NO7. The molecule has 1 unspecified atom stereocenters. The number of rotatable bonds is 8. The van der Waals surface area contributed by atoms with Crippen molar-refractivity contribution in [2.45, 2.75) is 26.3 Å². The highest BCUT2D eigenvalue weighted by molar-refractivity contribution is 6.51. The van der Waals surface area contributed by atoms with E-state index in [9.17, 15) is 14.7 Å². The van der Waals surface area contributed by atoms with E-state index in [-0.39, 0.29) is 11.3 Å².